The Labute approximate surface area is 173 Å². The van der Waals surface area contributed by atoms with Gasteiger partial charge in [0, 0.05) is 11.1 Å². The largest absolute Gasteiger partial charge is 0.368 e. The molecule has 2 amide bonds. The molecule has 3 heterocycles. The lowest BCUT2D eigenvalue weighted by atomic mass is 10.1. The molecule has 0 spiro atoms. The van der Waals surface area contributed by atoms with Crippen molar-refractivity contribution in [1.82, 2.24) is 14.6 Å². The highest BCUT2D eigenvalue weighted by atomic mass is 32.1. The lowest BCUT2D eigenvalue weighted by Crippen LogP contribution is -2.37. The van der Waals surface area contributed by atoms with Gasteiger partial charge in [-0.05, 0) is 19.1 Å². The Morgan fingerprint density at radius 3 is 2.67 bits per heavy atom. The van der Waals surface area contributed by atoms with Gasteiger partial charge in [-0.3, -0.25) is 19.3 Å². The van der Waals surface area contributed by atoms with E-state index < -0.39 is 17.4 Å². The molecule has 8 nitrogen and oxygen atoms in total. The van der Waals surface area contributed by atoms with Crippen LogP contribution in [0, 0.1) is 6.92 Å². The molecule has 0 atom stereocenters. The summed E-state index contributed by atoms with van der Waals surface area (Å²) in [6.07, 6.45) is 0. The molecule has 0 aliphatic carbocycles. The molecule has 4 aromatic rings. The average Bonchev–Trinajstić information content (AvgIpc) is 3.34. The zero-order chi connectivity index (χ0) is 21.0. The Kier molecular flexibility index (Phi) is 4.00. The zero-order valence-corrected chi connectivity index (χ0v) is 16.6. The van der Waals surface area contributed by atoms with E-state index in [1.807, 2.05) is 31.2 Å². The number of aryl methyl sites for hydroxylation is 1. The van der Waals surface area contributed by atoms with Crippen molar-refractivity contribution in [3.05, 3.63) is 74.5 Å². The number of primary amides is 1. The monoisotopic (exact) mass is 417 g/mol. The molecule has 0 saturated carbocycles. The predicted molar refractivity (Wildman–Crippen MR) is 113 cm³/mol. The number of nitrogens with zero attached hydrogens (tertiary/aromatic N) is 4. The molecule has 0 saturated heterocycles. The Hall–Kier alpha value is -3.85. The number of rotatable bonds is 3. The van der Waals surface area contributed by atoms with E-state index in [9.17, 15) is 14.4 Å². The predicted octanol–water partition coefficient (Wildman–Crippen LogP) is 0.876. The fraction of sp³-hybridized carbons (Fsp3) is 0.0952. The van der Waals surface area contributed by atoms with E-state index in [0.29, 0.717) is 22.0 Å². The molecule has 0 bridgehead atoms. The first-order chi connectivity index (χ1) is 14.4. The van der Waals surface area contributed by atoms with Crippen molar-refractivity contribution in [2.45, 2.75) is 6.92 Å². The minimum absolute atomic E-state index is 0.241. The van der Waals surface area contributed by atoms with Crippen LogP contribution in [0.15, 0.2) is 53.3 Å². The van der Waals surface area contributed by atoms with Crippen molar-refractivity contribution >= 4 is 39.4 Å². The number of para-hydroxylation sites is 1. The summed E-state index contributed by atoms with van der Waals surface area (Å²) in [5, 5.41) is 4.36. The maximum Gasteiger partial charge on any atom is 0.291 e. The number of carbonyl (C=O) groups excluding carboxylic acids is 2. The third-order valence-electron chi connectivity index (χ3n) is 4.90. The summed E-state index contributed by atoms with van der Waals surface area (Å²) in [4.78, 5) is 43.8. The number of anilines is 1. The molecule has 148 valence electrons. The molecule has 2 aromatic carbocycles. The van der Waals surface area contributed by atoms with E-state index in [2.05, 4.69) is 10.1 Å². The summed E-state index contributed by atoms with van der Waals surface area (Å²) in [5.74, 6) is -0.616. The Morgan fingerprint density at radius 1 is 1.13 bits per heavy atom. The Morgan fingerprint density at radius 2 is 1.93 bits per heavy atom. The first kappa shape index (κ1) is 18.2. The highest BCUT2D eigenvalue weighted by molar-refractivity contribution is 7.15. The van der Waals surface area contributed by atoms with E-state index in [4.69, 9.17) is 5.73 Å². The zero-order valence-electron chi connectivity index (χ0n) is 15.8. The minimum Gasteiger partial charge on any atom is -0.368 e. The van der Waals surface area contributed by atoms with Crippen LogP contribution >= 0.6 is 11.3 Å². The number of amides is 2. The van der Waals surface area contributed by atoms with Crippen LogP contribution in [0.4, 0.5) is 5.69 Å². The highest BCUT2D eigenvalue weighted by Crippen LogP contribution is 2.34. The number of benzene rings is 2. The van der Waals surface area contributed by atoms with Crippen LogP contribution in [-0.4, -0.2) is 33.0 Å². The molecule has 2 aromatic heterocycles. The minimum atomic E-state index is -0.632. The van der Waals surface area contributed by atoms with Gasteiger partial charge in [-0.2, -0.15) is 9.50 Å². The number of fused-ring (bicyclic) bond motifs is 2. The van der Waals surface area contributed by atoms with E-state index in [0.717, 1.165) is 22.5 Å². The molecule has 2 N–H and O–H groups in total. The van der Waals surface area contributed by atoms with Crippen molar-refractivity contribution in [1.29, 1.82) is 0 Å². The first-order valence-electron chi connectivity index (χ1n) is 9.14. The summed E-state index contributed by atoms with van der Waals surface area (Å²) in [6.45, 7) is 1.71. The third-order valence-corrected chi connectivity index (χ3v) is 5.93. The number of nitrogens with two attached hydrogens (primary N) is 1. The summed E-state index contributed by atoms with van der Waals surface area (Å²) in [7, 11) is 0. The van der Waals surface area contributed by atoms with Crippen LogP contribution in [-0.2, 0) is 9.59 Å². The molecule has 0 fully saturated rings. The summed E-state index contributed by atoms with van der Waals surface area (Å²) in [6, 6.07) is 14.7. The lowest BCUT2D eigenvalue weighted by molar-refractivity contribution is -0.119. The van der Waals surface area contributed by atoms with E-state index in [-0.39, 0.29) is 16.7 Å². The van der Waals surface area contributed by atoms with Crippen molar-refractivity contribution in [3.63, 3.8) is 0 Å². The van der Waals surface area contributed by atoms with Gasteiger partial charge < -0.3 is 5.73 Å². The molecule has 1 aliphatic rings. The molecule has 9 heteroatoms. The number of thiazole rings is 1. The first-order valence-corrected chi connectivity index (χ1v) is 9.96. The molecule has 0 radical (unpaired) electrons. The van der Waals surface area contributed by atoms with Crippen LogP contribution in [0.3, 0.4) is 0 Å². The van der Waals surface area contributed by atoms with Gasteiger partial charge in [0.1, 0.15) is 11.1 Å². The quantitative estimate of drug-likeness (QED) is 0.532. The maximum atomic E-state index is 13.1. The second-order valence-electron chi connectivity index (χ2n) is 6.99. The van der Waals surface area contributed by atoms with E-state index >= 15 is 0 Å². The topological polar surface area (TPSA) is 111 Å². The fourth-order valence-electron chi connectivity index (χ4n) is 3.60. The maximum absolute atomic E-state index is 13.1. The normalized spacial score (nSPS) is 15.1. The smallest absolute Gasteiger partial charge is 0.291 e. The number of aromatic nitrogens is 3. The standard InChI is InChI=1S/C21H15N5O3S/c1-11-5-4-6-12(9-11)18-23-21-26(24-18)20(29)17(30-21)16-13-7-2-3-8-14(13)25(19(16)28)10-15(22)27/h2-9H,10H2,1H3,(H2,22,27). The second kappa shape index (κ2) is 6.60. The van der Waals surface area contributed by atoms with Gasteiger partial charge in [-0.1, -0.05) is 53.3 Å². The molecule has 30 heavy (non-hydrogen) atoms. The van der Waals surface area contributed by atoms with E-state index in [1.54, 1.807) is 24.3 Å². The van der Waals surface area contributed by atoms with Gasteiger partial charge >= 0.3 is 0 Å². The lowest BCUT2D eigenvalue weighted by Gasteiger charge is -2.14. The van der Waals surface area contributed by atoms with Gasteiger partial charge in [0.15, 0.2) is 5.82 Å². The molecule has 1 aliphatic heterocycles. The number of carbonyl (C=O) groups is 2. The Balaban J connectivity index is 1.72. The van der Waals surface area contributed by atoms with Gasteiger partial charge in [0.2, 0.25) is 10.9 Å². The second-order valence-corrected chi connectivity index (χ2v) is 7.96. The van der Waals surface area contributed by atoms with Crippen LogP contribution in [0.25, 0.3) is 21.9 Å². The van der Waals surface area contributed by atoms with Gasteiger partial charge in [0.25, 0.3) is 11.5 Å². The van der Waals surface area contributed by atoms with Crippen molar-refractivity contribution in [2.24, 2.45) is 5.73 Å². The van der Waals surface area contributed by atoms with Crippen LogP contribution in [0.1, 0.15) is 11.1 Å². The van der Waals surface area contributed by atoms with Crippen LogP contribution in [0.5, 0.6) is 0 Å². The van der Waals surface area contributed by atoms with Crippen molar-refractivity contribution in [2.75, 3.05) is 11.4 Å². The van der Waals surface area contributed by atoms with E-state index in [1.165, 1.54) is 9.42 Å². The third kappa shape index (κ3) is 2.71. The average molecular weight is 417 g/mol. The fourth-order valence-corrected chi connectivity index (χ4v) is 4.60. The molecular weight excluding hydrogens is 402 g/mol. The van der Waals surface area contributed by atoms with Crippen LogP contribution < -0.4 is 20.7 Å². The number of hydrogen-bond donors (Lipinski definition) is 1. The molecular formula is C21H15N5O3S. The number of hydrogen-bond acceptors (Lipinski definition) is 6. The summed E-state index contributed by atoms with van der Waals surface area (Å²) >= 11 is 1.11. The van der Waals surface area contributed by atoms with Gasteiger partial charge in [-0.15, -0.1) is 5.10 Å². The van der Waals surface area contributed by atoms with Gasteiger partial charge in [0.05, 0.1) is 11.3 Å². The summed E-state index contributed by atoms with van der Waals surface area (Å²) in [5.41, 5.74) is 8.15. The van der Waals surface area contributed by atoms with Crippen molar-refractivity contribution < 1.29 is 9.59 Å². The Bertz CT molecular complexity index is 1470. The SMILES string of the molecule is Cc1cccc(-c2nc3sc(=C4C(=O)N(CC(N)=O)c5ccccc54)c(=O)n3n2)c1. The van der Waals surface area contributed by atoms with Crippen molar-refractivity contribution in [3.8, 4) is 11.4 Å². The molecule has 0 unspecified atom stereocenters. The molecule has 5 rings (SSSR count). The van der Waals surface area contributed by atoms with Gasteiger partial charge in [-0.25, -0.2) is 0 Å². The van der Waals surface area contributed by atoms with Crippen LogP contribution in [0.2, 0.25) is 0 Å². The highest BCUT2D eigenvalue weighted by Gasteiger charge is 2.35. The summed E-state index contributed by atoms with van der Waals surface area (Å²) < 4.78 is 1.46.